The van der Waals surface area contributed by atoms with E-state index in [-0.39, 0.29) is 29.7 Å². The third kappa shape index (κ3) is 4.00. The minimum absolute atomic E-state index is 0.00717. The number of carbonyl (C=O) groups is 1. The Kier molecular flexibility index (Phi) is 5.91. The molecular weight excluding hydrogens is 382 g/mol. The number of aryl methyl sites for hydroxylation is 1. The maximum Gasteiger partial charge on any atom is 0.328 e. The summed E-state index contributed by atoms with van der Waals surface area (Å²) < 4.78 is 14.7. The van der Waals surface area contributed by atoms with Gasteiger partial charge in [0.1, 0.15) is 5.75 Å². The first-order valence-electron chi connectivity index (χ1n) is 11.0. The lowest BCUT2D eigenvalue weighted by molar-refractivity contribution is -0.148. The predicted octanol–water partition coefficient (Wildman–Crippen LogP) is 2.79. The number of carbonyl (C=O) groups excluding carboxylic acids is 1. The topological polar surface area (TPSA) is 65.7 Å². The SMILES string of the molecule is COc1ccc2c(c1)n(CC1CCC(C(=O)N3C[C@@H](C)O[C@@H](C)C3)CC1)c(=O)n2C. The molecule has 0 bridgehead atoms. The summed E-state index contributed by atoms with van der Waals surface area (Å²) in [7, 11) is 3.45. The van der Waals surface area contributed by atoms with Crippen LogP contribution in [0.1, 0.15) is 39.5 Å². The summed E-state index contributed by atoms with van der Waals surface area (Å²) in [6, 6.07) is 5.76. The van der Waals surface area contributed by atoms with Crippen molar-refractivity contribution < 1.29 is 14.3 Å². The highest BCUT2D eigenvalue weighted by atomic mass is 16.5. The first kappa shape index (κ1) is 21.0. The van der Waals surface area contributed by atoms with Crippen molar-refractivity contribution in [3.05, 3.63) is 28.7 Å². The second-order valence-corrected chi connectivity index (χ2v) is 9.03. The van der Waals surface area contributed by atoms with Crippen LogP contribution in [0.5, 0.6) is 5.75 Å². The van der Waals surface area contributed by atoms with E-state index in [9.17, 15) is 9.59 Å². The molecular formula is C23H33N3O4. The number of amides is 1. The number of fused-ring (bicyclic) bond motifs is 1. The van der Waals surface area contributed by atoms with Gasteiger partial charge in [-0.15, -0.1) is 0 Å². The number of benzene rings is 1. The zero-order chi connectivity index (χ0) is 21.4. The Morgan fingerprint density at radius 2 is 1.77 bits per heavy atom. The highest BCUT2D eigenvalue weighted by Crippen LogP contribution is 2.32. The summed E-state index contributed by atoms with van der Waals surface area (Å²) in [5.41, 5.74) is 1.84. The van der Waals surface area contributed by atoms with Crippen LogP contribution in [-0.4, -0.2) is 52.3 Å². The van der Waals surface area contributed by atoms with Gasteiger partial charge in [0.05, 0.1) is 30.4 Å². The average Bonchev–Trinajstić information content (AvgIpc) is 2.97. The van der Waals surface area contributed by atoms with Crippen molar-refractivity contribution in [3.8, 4) is 5.75 Å². The molecule has 30 heavy (non-hydrogen) atoms. The van der Waals surface area contributed by atoms with E-state index in [2.05, 4.69) is 0 Å². The molecule has 1 aliphatic heterocycles. The number of rotatable bonds is 4. The van der Waals surface area contributed by atoms with Crippen LogP contribution in [0, 0.1) is 11.8 Å². The number of methoxy groups -OCH3 is 1. The molecule has 2 aromatic rings. The van der Waals surface area contributed by atoms with Crippen LogP contribution < -0.4 is 10.4 Å². The quantitative estimate of drug-likeness (QED) is 0.770. The zero-order valence-electron chi connectivity index (χ0n) is 18.5. The van der Waals surface area contributed by atoms with Gasteiger partial charge in [-0.05, 0) is 57.6 Å². The molecule has 1 saturated carbocycles. The number of ether oxygens (including phenoxy) is 2. The van der Waals surface area contributed by atoms with Gasteiger partial charge in [-0.1, -0.05) is 0 Å². The fourth-order valence-corrected chi connectivity index (χ4v) is 5.16. The molecule has 0 radical (unpaired) electrons. The fraction of sp³-hybridized carbons (Fsp3) is 0.652. The van der Waals surface area contributed by atoms with E-state index in [0.29, 0.717) is 25.6 Å². The Bertz CT molecular complexity index is 961. The number of hydrogen-bond donors (Lipinski definition) is 0. The molecule has 1 amide bonds. The Balaban J connectivity index is 1.42. The first-order chi connectivity index (χ1) is 14.4. The van der Waals surface area contributed by atoms with Crippen molar-refractivity contribution in [1.82, 2.24) is 14.0 Å². The molecule has 1 aromatic carbocycles. The molecule has 0 spiro atoms. The van der Waals surface area contributed by atoms with Crippen LogP contribution in [0.25, 0.3) is 11.0 Å². The largest absolute Gasteiger partial charge is 0.497 e. The molecule has 7 nitrogen and oxygen atoms in total. The Morgan fingerprint density at radius 3 is 2.40 bits per heavy atom. The molecule has 7 heteroatoms. The number of hydrogen-bond acceptors (Lipinski definition) is 4. The van der Waals surface area contributed by atoms with Gasteiger partial charge in [-0.25, -0.2) is 4.79 Å². The number of morpholine rings is 1. The lowest BCUT2D eigenvalue weighted by Crippen LogP contribution is -2.50. The van der Waals surface area contributed by atoms with E-state index in [4.69, 9.17) is 9.47 Å². The standard InChI is InChI=1S/C23H33N3O4/c1-15-12-25(13-16(2)30-15)22(27)18-7-5-17(6-8-18)14-26-21-11-19(29-4)9-10-20(21)24(3)23(26)28/h9-11,15-18H,5-8,12-14H2,1-4H3/t15-,16+,17?,18?. The van der Waals surface area contributed by atoms with Crippen molar-refractivity contribution in [2.75, 3.05) is 20.2 Å². The summed E-state index contributed by atoms with van der Waals surface area (Å²) in [5.74, 6) is 1.54. The van der Waals surface area contributed by atoms with E-state index in [1.165, 1.54) is 0 Å². The van der Waals surface area contributed by atoms with Gasteiger partial charge in [-0.3, -0.25) is 13.9 Å². The van der Waals surface area contributed by atoms with Crippen molar-refractivity contribution in [1.29, 1.82) is 0 Å². The smallest absolute Gasteiger partial charge is 0.328 e. The lowest BCUT2D eigenvalue weighted by atomic mass is 9.81. The third-order valence-electron chi connectivity index (χ3n) is 6.72. The number of aromatic nitrogens is 2. The van der Waals surface area contributed by atoms with Crippen LogP contribution in [0.3, 0.4) is 0 Å². The van der Waals surface area contributed by atoms with E-state index in [0.717, 1.165) is 42.5 Å². The van der Waals surface area contributed by atoms with Crippen molar-refractivity contribution in [2.24, 2.45) is 18.9 Å². The van der Waals surface area contributed by atoms with Gasteiger partial charge < -0.3 is 14.4 Å². The van der Waals surface area contributed by atoms with Gasteiger partial charge in [0.15, 0.2) is 0 Å². The first-order valence-corrected chi connectivity index (χ1v) is 11.0. The Hall–Kier alpha value is -2.28. The van der Waals surface area contributed by atoms with Gasteiger partial charge in [0, 0.05) is 38.7 Å². The minimum atomic E-state index is 0.00717. The highest BCUT2D eigenvalue weighted by Gasteiger charge is 2.33. The molecule has 1 aromatic heterocycles. The minimum Gasteiger partial charge on any atom is -0.497 e. The van der Waals surface area contributed by atoms with Gasteiger partial charge >= 0.3 is 5.69 Å². The third-order valence-corrected chi connectivity index (χ3v) is 6.72. The second-order valence-electron chi connectivity index (χ2n) is 9.03. The van der Waals surface area contributed by atoms with Crippen molar-refractivity contribution in [2.45, 2.75) is 58.3 Å². The van der Waals surface area contributed by atoms with Gasteiger partial charge in [0.2, 0.25) is 5.91 Å². The molecule has 2 atom stereocenters. The van der Waals surface area contributed by atoms with E-state index in [1.54, 1.807) is 11.7 Å². The summed E-state index contributed by atoms with van der Waals surface area (Å²) in [6.07, 6.45) is 3.93. The van der Waals surface area contributed by atoms with Crippen LogP contribution in [-0.2, 0) is 23.1 Å². The normalized spacial score (nSPS) is 27.4. The Labute approximate surface area is 177 Å². The molecule has 2 fully saturated rings. The van der Waals surface area contributed by atoms with Crippen LogP contribution in [0.2, 0.25) is 0 Å². The van der Waals surface area contributed by atoms with Gasteiger partial charge in [-0.2, -0.15) is 0 Å². The second kappa shape index (κ2) is 8.46. The summed E-state index contributed by atoms with van der Waals surface area (Å²) in [6.45, 7) is 6.13. The van der Waals surface area contributed by atoms with E-state index in [1.807, 2.05) is 48.6 Å². The van der Waals surface area contributed by atoms with Crippen molar-refractivity contribution >= 4 is 16.9 Å². The van der Waals surface area contributed by atoms with Crippen molar-refractivity contribution in [3.63, 3.8) is 0 Å². The molecule has 1 aliphatic carbocycles. The van der Waals surface area contributed by atoms with Gasteiger partial charge in [0.25, 0.3) is 0 Å². The number of imidazole rings is 1. The summed E-state index contributed by atoms with van der Waals surface area (Å²) in [4.78, 5) is 27.8. The summed E-state index contributed by atoms with van der Waals surface area (Å²) >= 11 is 0. The molecule has 164 valence electrons. The zero-order valence-corrected chi connectivity index (χ0v) is 18.5. The lowest BCUT2D eigenvalue weighted by Gasteiger charge is -2.38. The van der Waals surface area contributed by atoms with Crippen LogP contribution in [0.4, 0.5) is 0 Å². The molecule has 1 saturated heterocycles. The maximum absolute atomic E-state index is 13.0. The maximum atomic E-state index is 13.0. The summed E-state index contributed by atoms with van der Waals surface area (Å²) in [5, 5.41) is 0. The number of nitrogens with zero attached hydrogens (tertiary/aromatic N) is 3. The fourth-order valence-electron chi connectivity index (χ4n) is 5.16. The van der Waals surface area contributed by atoms with Crippen LogP contribution in [0.15, 0.2) is 23.0 Å². The van der Waals surface area contributed by atoms with E-state index >= 15 is 0 Å². The Morgan fingerprint density at radius 1 is 1.10 bits per heavy atom. The monoisotopic (exact) mass is 415 g/mol. The highest BCUT2D eigenvalue weighted by molar-refractivity contribution is 5.79. The predicted molar refractivity (Wildman–Crippen MR) is 116 cm³/mol. The molecule has 2 aliphatic rings. The average molecular weight is 416 g/mol. The van der Waals surface area contributed by atoms with E-state index < -0.39 is 0 Å². The van der Waals surface area contributed by atoms with Crippen LogP contribution >= 0.6 is 0 Å². The molecule has 4 rings (SSSR count). The molecule has 0 unspecified atom stereocenters. The molecule has 0 N–H and O–H groups in total. The molecule has 2 heterocycles.